The predicted molar refractivity (Wildman–Crippen MR) is 111 cm³/mol. The van der Waals surface area contributed by atoms with Gasteiger partial charge in [-0.05, 0) is 61.2 Å². The van der Waals surface area contributed by atoms with Crippen LogP contribution < -0.4 is 14.4 Å². The van der Waals surface area contributed by atoms with E-state index in [9.17, 15) is 14.0 Å². The molecule has 2 amide bonds. The van der Waals surface area contributed by atoms with Crippen molar-refractivity contribution in [1.82, 2.24) is 4.90 Å². The Morgan fingerprint density at radius 1 is 0.833 bits per heavy atom. The van der Waals surface area contributed by atoms with Gasteiger partial charge in [0.2, 0.25) is 0 Å². The lowest BCUT2D eigenvalue weighted by atomic mass is 10.0. The fraction of sp³-hybridized carbons (Fsp3) is 0.304. The van der Waals surface area contributed by atoms with Crippen LogP contribution in [0.1, 0.15) is 24.8 Å². The molecule has 0 radical (unpaired) electrons. The number of carbonyl (C=O) groups excluding carboxylic acids is 2. The molecule has 2 aromatic carbocycles. The molecule has 4 rings (SSSR count). The molecule has 0 saturated carbocycles. The topological polar surface area (TPSA) is 59.1 Å². The summed E-state index contributed by atoms with van der Waals surface area (Å²) in [6.45, 7) is 1.42. The van der Waals surface area contributed by atoms with Crippen molar-refractivity contribution in [1.29, 1.82) is 0 Å². The van der Waals surface area contributed by atoms with E-state index in [1.807, 2.05) is 4.90 Å². The highest BCUT2D eigenvalue weighted by atomic mass is 19.1. The maximum absolute atomic E-state index is 13.5. The highest BCUT2D eigenvalue weighted by Crippen LogP contribution is 2.38. The first-order chi connectivity index (χ1) is 14.5. The number of benzene rings is 2. The molecule has 0 spiro atoms. The first kappa shape index (κ1) is 19.9. The van der Waals surface area contributed by atoms with Crippen LogP contribution in [0.3, 0.4) is 0 Å². The van der Waals surface area contributed by atoms with Gasteiger partial charge in [-0.15, -0.1) is 0 Å². The Kier molecular flexibility index (Phi) is 5.44. The van der Waals surface area contributed by atoms with E-state index in [1.165, 1.54) is 38.5 Å². The van der Waals surface area contributed by atoms with Crippen LogP contribution in [-0.2, 0) is 9.59 Å². The maximum Gasteiger partial charge on any atom is 0.282 e. The number of hydrogen-bond donors (Lipinski definition) is 0. The van der Waals surface area contributed by atoms with Gasteiger partial charge in [-0.3, -0.25) is 9.59 Å². The summed E-state index contributed by atoms with van der Waals surface area (Å²) in [5, 5.41) is 0. The summed E-state index contributed by atoms with van der Waals surface area (Å²) < 4.78 is 24.1. The van der Waals surface area contributed by atoms with Crippen molar-refractivity contribution in [2.75, 3.05) is 32.2 Å². The van der Waals surface area contributed by atoms with E-state index in [1.54, 1.807) is 18.2 Å². The summed E-state index contributed by atoms with van der Waals surface area (Å²) in [5.41, 5.74) is 1.64. The van der Waals surface area contributed by atoms with E-state index < -0.39 is 17.6 Å². The number of hydrogen-bond acceptors (Lipinski definition) is 5. The van der Waals surface area contributed by atoms with Crippen LogP contribution in [0.25, 0.3) is 5.57 Å². The molecule has 0 N–H and O–H groups in total. The summed E-state index contributed by atoms with van der Waals surface area (Å²) in [5.74, 6) is -0.241. The molecule has 2 aromatic rings. The zero-order chi connectivity index (χ0) is 21.3. The van der Waals surface area contributed by atoms with E-state index in [2.05, 4.69) is 0 Å². The molecule has 7 heteroatoms. The summed E-state index contributed by atoms with van der Waals surface area (Å²) in [4.78, 5) is 30.0. The van der Waals surface area contributed by atoms with Gasteiger partial charge in [0.1, 0.15) is 11.5 Å². The molecule has 2 aliphatic heterocycles. The van der Waals surface area contributed by atoms with Crippen LogP contribution in [0.5, 0.6) is 11.5 Å². The number of anilines is 1. The number of ether oxygens (including phenoxy) is 2. The molecule has 0 aromatic heterocycles. The smallest absolute Gasteiger partial charge is 0.282 e. The van der Waals surface area contributed by atoms with Gasteiger partial charge in [0, 0.05) is 13.1 Å². The van der Waals surface area contributed by atoms with Crippen molar-refractivity contribution < 1.29 is 23.5 Å². The average Bonchev–Trinajstić information content (AvgIpc) is 3.04. The van der Waals surface area contributed by atoms with Crippen molar-refractivity contribution in [3.8, 4) is 11.5 Å². The Hall–Kier alpha value is -3.35. The molecule has 156 valence electrons. The molecular weight excluding hydrogens is 387 g/mol. The first-order valence-electron chi connectivity index (χ1n) is 9.91. The number of methoxy groups -OCH3 is 2. The maximum atomic E-state index is 13.5. The van der Waals surface area contributed by atoms with Crippen LogP contribution >= 0.6 is 0 Å². The second-order valence-corrected chi connectivity index (χ2v) is 7.26. The molecule has 0 unspecified atom stereocenters. The van der Waals surface area contributed by atoms with Crippen molar-refractivity contribution in [3.05, 3.63) is 59.5 Å². The zero-order valence-electron chi connectivity index (χ0n) is 17.0. The van der Waals surface area contributed by atoms with Gasteiger partial charge >= 0.3 is 0 Å². The van der Waals surface area contributed by atoms with Crippen LogP contribution in [0.15, 0.2) is 48.2 Å². The van der Waals surface area contributed by atoms with Crippen LogP contribution in [0, 0.1) is 5.82 Å². The van der Waals surface area contributed by atoms with Gasteiger partial charge < -0.3 is 14.4 Å². The number of imide groups is 1. The Balaban J connectivity index is 1.84. The molecule has 0 atom stereocenters. The third kappa shape index (κ3) is 3.40. The number of rotatable bonds is 5. The molecule has 2 aliphatic rings. The van der Waals surface area contributed by atoms with E-state index in [0.717, 1.165) is 24.2 Å². The van der Waals surface area contributed by atoms with Gasteiger partial charge in [0.15, 0.2) is 11.5 Å². The van der Waals surface area contributed by atoms with Gasteiger partial charge in [-0.2, -0.15) is 0 Å². The van der Waals surface area contributed by atoms with Crippen molar-refractivity contribution in [2.45, 2.75) is 19.3 Å². The molecular formula is C23H23FN2O4. The minimum Gasteiger partial charge on any atom is -0.493 e. The Labute approximate surface area is 174 Å². The molecule has 1 saturated heterocycles. The second-order valence-electron chi connectivity index (χ2n) is 7.26. The quantitative estimate of drug-likeness (QED) is 0.705. The first-order valence-corrected chi connectivity index (χ1v) is 9.91. The third-order valence-corrected chi connectivity index (χ3v) is 5.49. The normalized spacial score (nSPS) is 17.0. The van der Waals surface area contributed by atoms with E-state index in [-0.39, 0.29) is 0 Å². The molecule has 6 nitrogen and oxygen atoms in total. The average molecular weight is 410 g/mol. The van der Waals surface area contributed by atoms with E-state index >= 15 is 0 Å². The summed E-state index contributed by atoms with van der Waals surface area (Å²) in [6, 6.07) is 10.5. The summed E-state index contributed by atoms with van der Waals surface area (Å²) in [6.07, 6.45) is 3.01. The van der Waals surface area contributed by atoms with Crippen LogP contribution in [0.4, 0.5) is 10.1 Å². The fourth-order valence-corrected chi connectivity index (χ4v) is 4.01. The number of nitrogens with zero attached hydrogens (tertiary/aromatic N) is 2. The number of likely N-dealkylation sites (tertiary alicyclic amines) is 1. The number of amides is 2. The fourth-order valence-electron chi connectivity index (χ4n) is 4.01. The standard InChI is InChI=1S/C23H23FN2O4/c1-29-18-11-6-15(14-19(18)30-2)20-21(25-12-4-3-5-13-25)23(28)26(22(20)27)17-9-7-16(24)8-10-17/h6-11,14H,3-5,12-13H2,1-2H3. The minimum absolute atomic E-state index is 0.326. The van der Waals surface area contributed by atoms with Crippen molar-refractivity contribution in [3.63, 3.8) is 0 Å². The van der Waals surface area contributed by atoms with Crippen LogP contribution in [-0.4, -0.2) is 44.0 Å². The number of piperidine rings is 1. The predicted octanol–water partition coefficient (Wildman–Crippen LogP) is 3.61. The Morgan fingerprint density at radius 2 is 1.50 bits per heavy atom. The molecule has 0 bridgehead atoms. The van der Waals surface area contributed by atoms with E-state index in [0.29, 0.717) is 47.1 Å². The summed E-state index contributed by atoms with van der Waals surface area (Å²) >= 11 is 0. The molecule has 0 aliphatic carbocycles. The lowest BCUT2D eigenvalue weighted by molar-refractivity contribution is -0.120. The monoisotopic (exact) mass is 410 g/mol. The van der Waals surface area contributed by atoms with Crippen molar-refractivity contribution >= 4 is 23.1 Å². The van der Waals surface area contributed by atoms with Crippen LogP contribution in [0.2, 0.25) is 0 Å². The SMILES string of the molecule is COc1ccc(C2=C(N3CCCCC3)C(=O)N(c3ccc(F)cc3)C2=O)cc1OC. The Morgan fingerprint density at radius 3 is 2.13 bits per heavy atom. The lowest BCUT2D eigenvalue weighted by Gasteiger charge is -2.29. The largest absolute Gasteiger partial charge is 0.493 e. The van der Waals surface area contributed by atoms with Gasteiger partial charge in [-0.25, -0.2) is 9.29 Å². The Bertz CT molecular complexity index is 1010. The molecule has 1 fully saturated rings. The highest BCUT2D eigenvalue weighted by molar-refractivity contribution is 6.45. The lowest BCUT2D eigenvalue weighted by Crippen LogP contribution is -2.37. The molecule has 2 heterocycles. The number of halogens is 1. The van der Waals surface area contributed by atoms with Gasteiger partial charge in [-0.1, -0.05) is 6.07 Å². The third-order valence-electron chi connectivity index (χ3n) is 5.49. The number of carbonyl (C=O) groups is 2. The highest BCUT2D eigenvalue weighted by Gasteiger charge is 2.42. The van der Waals surface area contributed by atoms with Crippen molar-refractivity contribution in [2.24, 2.45) is 0 Å². The van der Waals surface area contributed by atoms with Gasteiger partial charge in [0.25, 0.3) is 11.8 Å². The zero-order valence-corrected chi connectivity index (χ0v) is 17.0. The van der Waals surface area contributed by atoms with Gasteiger partial charge in [0.05, 0.1) is 25.5 Å². The molecule has 30 heavy (non-hydrogen) atoms. The summed E-state index contributed by atoms with van der Waals surface area (Å²) in [7, 11) is 3.06. The van der Waals surface area contributed by atoms with E-state index in [4.69, 9.17) is 9.47 Å². The second kappa shape index (κ2) is 8.18. The minimum atomic E-state index is -0.431.